The summed E-state index contributed by atoms with van der Waals surface area (Å²) in [6.45, 7) is 1.95. The van der Waals surface area contributed by atoms with Crippen molar-refractivity contribution < 1.29 is 14.7 Å². The van der Waals surface area contributed by atoms with E-state index in [1.165, 1.54) is 0 Å². The maximum absolute atomic E-state index is 12.0. The third-order valence-electron chi connectivity index (χ3n) is 3.80. The van der Waals surface area contributed by atoms with Gasteiger partial charge in [-0.05, 0) is 53.7 Å². The fraction of sp³-hybridized carbons (Fsp3) is 0.467. The van der Waals surface area contributed by atoms with Gasteiger partial charge in [0.15, 0.2) is 0 Å². The van der Waals surface area contributed by atoms with E-state index >= 15 is 0 Å². The first-order chi connectivity index (χ1) is 9.97. The number of aliphatic carboxylic acids is 1. The van der Waals surface area contributed by atoms with Gasteiger partial charge in [-0.1, -0.05) is 18.6 Å². The predicted molar refractivity (Wildman–Crippen MR) is 84.4 cm³/mol. The number of nitrogens with one attached hydrogen (secondary N) is 2. The number of urea groups is 1. The van der Waals surface area contributed by atoms with Crippen molar-refractivity contribution in [3.05, 3.63) is 28.2 Å². The summed E-state index contributed by atoms with van der Waals surface area (Å²) in [5, 5.41) is 14.7. The number of halogens is 1. The van der Waals surface area contributed by atoms with Gasteiger partial charge in [-0.25, -0.2) is 4.79 Å². The molecule has 0 bridgehead atoms. The Bertz CT molecular complexity index is 548. The van der Waals surface area contributed by atoms with Crippen LogP contribution in [0.3, 0.4) is 0 Å². The molecule has 0 saturated heterocycles. The molecule has 1 saturated carbocycles. The molecule has 5 nitrogen and oxygen atoms in total. The lowest BCUT2D eigenvalue weighted by Crippen LogP contribution is -2.42. The molecule has 0 aromatic heterocycles. The number of hydrogen-bond acceptors (Lipinski definition) is 2. The third-order valence-corrected chi connectivity index (χ3v) is 4.85. The summed E-state index contributed by atoms with van der Waals surface area (Å²) in [4.78, 5) is 23.1. The average molecular weight is 355 g/mol. The van der Waals surface area contributed by atoms with Crippen LogP contribution in [0.2, 0.25) is 0 Å². The first-order valence-corrected chi connectivity index (χ1v) is 7.82. The lowest BCUT2D eigenvalue weighted by molar-refractivity contribution is -0.143. The monoisotopic (exact) mass is 354 g/mol. The molecule has 0 radical (unpaired) electrons. The summed E-state index contributed by atoms with van der Waals surface area (Å²) in [5.41, 5.74) is 1.74. The van der Waals surface area contributed by atoms with Gasteiger partial charge in [0.05, 0.1) is 11.6 Å². The summed E-state index contributed by atoms with van der Waals surface area (Å²) in [6.07, 6.45) is 2.85. The first-order valence-electron chi connectivity index (χ1n) is 7.03. The van der Waals surface area contributed by atoms with E-state index in [1.807, 2.05) is 25.1 Å². The molecule has 21 heavy (non-hydrogen) atoms. The standard InChI is InChI=1S/C15H19BrN2O3/c1-9-4-2-7-12(13(9)16)18-15(21)17-11-6-3-5-10(8-11)14(19)20/h2,4,7,10-11H,3,5-6,8H2,1H3,(H,19,20)(H2,17,18,21). The summed E-state index contributed by atoms with van der Waals surface area (Å²) in [7, 11) is 0. The number of carboxylic acids is 1. The van der Waals surface area contributed by atoms with Crippen molar-refractivity contribution in [3.63, 3.8) is 0 Å². The highest BCUT2D eigenvalue weighted by Crippen LogP contribution is 2.27. The molecule has 6 heteroatoms. The zero-order chi connectivity index (χ0) is 15.4. The zero-order valence-electron chi connectivity index (χ0n) is 11.9. The molecule has 1 fully saturated rings. The number of rotatable bonds is 3. The van der Waals surface area contributed by atoms with Crippen LogP contribution >= 0.6 is 15.9 Å². The van der Waals surface area contributed by atoms with E-state index in [1.54, 1.807) is 0 Å². The van der Waals surface area contributed by atoms with Crippen LogP contribution in [0, 0.1) is 12.8 Å². The molecule has 2 rings (SSSR count). The fourth-order valence-electron chi connectivity index (χ4n) is 2.63. The Labute approximate surface area is 132 Å². The summed E-state index contributed by atoms with van der Waals surface area (Å²) >= 11 is 3.44. The van der Waals surface area contributed by atoms with Gasteiger partial charge in [0.2, 0.25) is 0 Å². The Morgan fingerprint density at radius 3 is 2.81 bits per heavy atom. The van der Waals surface area contributed by atoms with E-state index in [9.17, 15) is 9.59 Å². The molecule has 1 aromatic rings. The minimum Gasteiger partial charge on any atom is -0.481 e. The zero-order valence-corrected chi connectivity index (χ0v) is 13.4. The van der Waals surface area contributed by atoms with Crippen LogP contribution in [-0.4, -0.2) is 23.1 Å². The highest BCUT2D eigenvalue weighted by molar-refractivity contribution is 9.10. The molecule has 2 unspecified atom stereocenters. The maximum Gasteiger partial charge on any atom is 0.319 e. The molecular weight excluding hydrogens is 336 g/mol. The molecule has 0 heterocycles. The van der Waals surface area contributed by atoms with Crippen LogP contribution in [0.5, 0.6) is 0 Å². The smallest absolute Gasteiger partial charge is 0.319 e. The van der Waals surface area contributed by atoms with E-state index in [2.05, 4.69) is 26.6 Å². The Hall–Kier alpha value is -1.56. The van der Waals surface area contributed by atoms with E-state index in [0.29, 0.717) is 18.5 Å². The van der Waals surface area contributed by atoms with Gasteiger partial charge in [-0.3, -0.25) is 4.79 Å². The van der Waals surface area contributed by atoms with E-state index < -0.39 is 5.97 Å². The van der Waals surface area contributed by atoms with Crippen molar-refractivity contribution >= 4 is 33.6 Å². The van der Waals surface area contributed by atoms with Gasteiger partial charge in [-0.15, -0.1) is 0 Å². The van der Waals surface area contributed by atoms with Crippen molar-refractivity contribution in [2.45, 2.75) is 38.6 Å². The van der Waals surface area contributed by atoms with Gasteiger partial charge in [0.25, 0.3) is 0 Å². The van der Waals surface area contributed by atoms with Gasteiger partial charge >= 0.3 is 12.0 Å². The molecule has 1 aromatic carbocycles. The predicted octanol–water partition coefficient (Wildman–Crippen LogP) is 3.52. The van der Waals surface area contributed by atoms with E-state index in [-0.39, 0.29) is 18.0 Å². The third kappa shape index (κ3) is 4.20. The molecule has 3 N–H and O–H groups in total. The van der Waals surface area contributed by atoms with Crippen LogP contribution < -0.4 is 10.6 Å². The molecule has 0 aliphatic heterocycles. The minimum atomic E-state index is -0.775. The van der Waals surface area contributed by atoms with Crippen LogP contribution in [0.4, 0.5) is 10.5 Å². The van der Waals surface area contributed by atoms with Gasteiger partial charge in [-0.2, -0.15) is 0 Å². The van der Waals surface area contributed by atoms with Crippen molar-refractivity contribution in [1.82, 2.24) is 5.32 Å². The lowest BCUT2D eigenvalue weighted by atomic mass is 9.86. The van der Waals surface area contributed by atoms with Gasteiger partial charge < -0.3 is 15.7 Å². The Kier molecular flexibility index (Phi) is 5.22. The number of carboxylic acid groups (broad SMARTS) is 1. The number of carbonyl (C=O) groups is 2. The average Bonchev–Trinajstić information content (AvgIpc) is 2.44. The molecule has 0 spiro atoms. The van der Waals surface area contributed by atoms with Crippen molar-refractivity contribution in [1.29, 1.82) is 0 Å². The van der Waals surface area contributed by atoms with Crippen LogP contribution in [-0.2, 0) is 4.79 Å². The van der Waals surface area contributed by atoms with Crippen LogP contribution in [0.15, 0.2) is 22.7 Å². The number of aryl methyl sites for hydroxylation is 1. The quantitative estimate of drug-likeness (QED) is 0.776. The number of benzene rings is 1. The number of amides is 2. The highest BCUT2D eigenvalue weighted by atomic mass is 79.9. The molecular formula is C15H19BrN2O3. The van der Waals surface area contributed by atoms with Crippen LogP contribution in [0.1, 0.15) is 31.2 Å². The Balaban J connectivity index is 1.92. The highest BCUT2D eigenvalue weighted by Gasteiger charge is 2.27. The van der Waals surface area contributed by atoms with E-state index in [0.717, 1.165) is 22.9 Å². The van der Waals surface area contributed by atoms with Crippen molar-refractivity contribution in [2.24, 2.45) is 5.92 Å². The Morgan fingerprint density at radius 1 is 1.33 bits per heavy atom. The maximum atomic E-state index is 12.0. The second-order valence-corrected chi connectivity index (χ2v) is 6.23. The van der Waals surface area contributed by atoms with Gasteiger partial charge in [0.1, 0.15) is 0 Å². The van der Waals surface area contributed by atoms with Crippen LogP contribution in [0.25, 0.3) is 0 Å². The lowest BCUT2D eigenvalue weighted by Gasteiger charge is -2.27. The Morgan fingerprint density at radius 2 is 2.10 bits per heavy atom. The fourth-order valence-corrected chi connectivity index (χ4v) is 3.00. The summed E-state index contributed by atoms with van der Waals surface area (Å²) < 4.78 is 0.854. The normalized spacial score (nSPS) is 21.6. The second-order valence-electron chi connectivity index (χ2n) is 5.43. The van der Waals surface area contributed by atoms with E-state index in [4.69, 9.17) is 5.11 Å². The largest absolute Gasteiger partial charge is 0.481 e. The first kappa shape index (κ1) is 15.8. The number of hydrogen-bond donors (Lipinski definition) is 3. The SMILES string of the molecule is Cc1cccc(NC(=O)NC2CCCC(C(=O)O)C2)c1Br. The number of carbonyl (C=O) groups excluding carboxylic acids is 1. The second kappa shape index (κ2) is 6.93. The van der Waals surface area contributed by atoms with Crippen molar-refractivity contribution in [2.75, 3.05) is 5.32 Å². The molecule has 1 aliphatic rings. The molecule has 114 valence electrons. The summed E-state index contributed by atoms with van der Waals surface area (Å²) in [5.74, 6) is -1.13. The van der Waals surface area contributed by atoms with Crippen molar-refractivity contribution in [3.8, 4) is 0 Å². The topological polar surface area (TPSA) is 78.4 Å². The molecule has 2 atom stereocenters. The number of anilines is 1. The minimum absolute atomic E-state index is 0.0802. The van der Waals surface area contributed by atoms with Gasteiger partial charge in [0, 0.05) is 10.5 Å². The summed E-state index contributed by atoms with van der Waals surface area (Å²) in [6, 6.07) is 5.26. The molecule has 1 aliphatic carbocycles. The molecule has 2 amide bonds.